The third kappa shape index (κ3) is 2.79. The highest BCUT2D eigenvalue weighted by molar-refractivity contribution is 5.95. The Morgan fingerprint density at radius 3 is 2.41 bits per heavy atom. The molecule has 2 saturated heterocycles. The van der Waals surface area contributed by atoms with Crippen LogP contribution in [0.1, 0.15) is 62.4 Å². The van der Waals surface area contributed by atoms with Crippen LogP contribution in [0, 0.1) is 0 Å². The Labute approximate surface area is 134 Å². The summed E-state index contributed by atoms with van der Waals surface area (Å²) < 4.78 is 0. The van der Waals surface area contributed by atoms with Crippen LogP contribution < -0.4 is 5.32 Å². The van der Waals surface area contributed by atoms with E-state index in [-0.39, 0.29) is 16.9 Å². The first-order chi connectivity index (χ1) is 10.4. The summed E-state index contributed by atoms with van der Waals surface area (Å²) >= 11 is 0. The largest absolute Gasteiger partial charge is 0.332 e. The van der Waals surface area contributed by atoms with Gasteiger partial charge in [0.15, 0.2) is 0 Å². The lowest BCUT2D eigenvalue weighted by molar-refractivity contribution is 0.0534. The molecule has 22 heavy (non-hydrogen) atoms. The maximum atomic E-state index is 13.0. The number of carbonyl (C=O) groups is 1. The minimum Gasteiger partial charge on any atom is -0.332 e. The van der Waals surface area contributed by atoms with Gasteiger partial charge in [0.1, 0.15) is 0 Å². The van der Waals surface area contributed by atoms with Gasteiger partial charge in [0, 0.05) is 18.7 Å². The Morgan fingerprint density at radius 2 is 1.82 bits per heavy atom. The molecule has 0 bridgehead atoms. The fourth-order valence-electron chi connectivity index (χ4n) is 3.92. The molecule has 3 nitrogen and oxygen atoms in total. The molecule has 0 aliphatic carbocycles. The molecule has 0 radical (unpaired) electrons. The summed E-state index contributed by atoms with van der Waals surface area (Å²) in [5.41, 5.74) is 2.31. The van der Waals surface area contributed by atoms with E-state index in [9.17, 15) is 4.79 Å². The Balaban J connectivity index is 1.81. The number of benzene rings is 1. The first-order valence-electron chi connectivity index (χ1n) is 8.56. The van der Waals surface area contributed by atoms with Crippen molar-refractivity contribution in [2.24, 2.45) is 0 Å². The molecule has 1 aromatic rings. The van der Waals surface area contributed by atoms with E-state index in [2.05, 4.69) is 43.1 Å². The lowest BCUT2D eigenvalue weighted by Gasteiger charge is -2.42. The van der Waals surface area contributed by atoms with Crippen molar-refractivity contribution in [1.29, 1.82) is 0 Å². The zero-order valence-corrected chi connectivity index (χ0v) is 14.1. The van der Waals surface area contributed by atoms with E-state index in [0.717, 1.165) is 44.5 Å². The number of nitrogens with one attached hydrogen (secondary N) is 1. The number of rotatable bonds is 1. The van der Waals surface area contributed by atoms with Crippen LogP contribution in [-0.4, -0.2) is 36.0 Å². The quantitative estimate of drug-likeness (QED) is 0.862. The molecule has 1 amide bonds. The molecule has 3 rings (SSSR count). The first kappa shape index (κ1) is 15.5. The van der Waals surface area contributed by atoms with Gasteiger partial charge in [-0.2, -0.15) is 0 Å². The van der Waals surface area contributed by atoms with Gasteiger partial charge in [-0.1, -0.05) is 32.9 Å². The standard InChI is InChI=1S/C19H28N2O/c1-18(2,3)16-8-6-15(7-9-16)17(22)21-13-5-11-19(21)10-4-12-20-14-19/h6-9,20H,4-5,10-14H2,1-3H3. The fraction of sp³-hybridized carbons (Fsp3) is 0.632. The van der Waals surface area contributed by atoms with Gasteiger partial charge in [0.2, 0.25) is 0 Å². The molecular formula is C19H28N2O. The number of carbonyl (C=O) groups excluding carboxylic acids is 1. The molecule has 3 heteroatoms. The van der Waals surface area contributed by atoms with Crippen molar-refractivity contribution in [3.8, 4) is 0 Å². The number of hydrogen-bond donors (Lipinski definition) is 1. The lowest BCUT2D eigenvalue weighted by Crippen LogP contribution is -2.56. The lowest BCUT2D eigenvalue weighted by atomic mass is 9.86. The highest BCUT2D eigenvalue weighted by Gasteiger charge is 2.44. The number of hydrogen-bond acceptors (Lipinski definition) is 2. The van der Waals surface area contributed by atoms with Crippen LogP contribution in [-0.2, 0) is 5.41 Å². The SMILES string of the molecule is CC(C)(C)c1ccc(C(=O)N2CCCC23CCCNC3)cc1. The van der Waals surface area contributed by atoms with Gasteiger partial charge >= 0.3 is 0 Å². The molecule has 0 aromatic heterocycles. The zero-order valence-electron chi connectivity index (χ0n) is 14.1. The van der Waals surface area contributed by atoms with E-state index >= 15 is 0 Å². The van der Waals surface area contributed by atoms with Gasteiger partial charge in [-0.25, -0.2) is 0 Å². The highest BCUT2D eigenvalue weighted by Crippen LogP contribution is 2.36. The van der Waals surface area contributed by atoms with Crippen molar-refractivity contribution in [3.05, 3.63) is 35.4 Å². The molecule has 2 aliphatic rings. The third-order valence-corrected chi connectivity index (χ3v) is 5.29. The Morgan fingerprint density at radius 1 is 1.14 bits per heavy atom. The van der Waals surface area contributed by atoms with Crippen molar-refractivity contribution < 1.29 is 4.79 Å². The second-order valence-electron chi connectivity index (χ2n) is 7.89. The van der Waals surface area contributed by atoms with Crippen LogP contribution >= 0.6 is 0 Å². The van der Waals surface area contributed by atoms with Crippen LogP contribution in [0.5, 0.6) is 0 Å². The molecular weight excluding hydrogens is 272 g/mol. The molecule has 1 atom stereocenters. The van der Waals surface area contributed by atoms with Crippen molar-refractivity contribution in [2.75, 3.05) is 19.6 Å². The van der Waals surface area contributed by atoms with Gasteiger partial charge in [-0.3, -0.25) is 4.79 Å². The first-order valence-corrected chi connectivity index (χ1v) is 8.56. The van der Waals surface area contributed by atoms with Crippen LogP contribution in [0.15, 0.2) is 24.3 Å². The zero-order chi connectivity index (χ0) is 15.8. The fourth-order valence-corrected chi connectivity index (χ4v) is 3.92. The Hall–Kier alpha value is -1.35. The van der Waals surface area contributed by atoms with E-state index in [0.29, 0.717) is 0 Å². The van der Waals surface area contributed by atoms with Crippen molar-refractivity contribution in [3.63, 3.8) is 0 Å². The highest BCUT2D eigenvalue weighted by atomic mass is 16.2. The summed E-state index contributed by atoms with van der Waals surface area (Å²) in [4.78, 5) is 15.1. The van der Waals surface area contributed by atoms with E-state index in [1.807, 2.05) is 12.1 Å². The minimum absolute atomic E-state index is 0.0675. The predicted octanol–water partition coefficient (Wildman–Crippen LogP) is 3.34. The maximum absolute atomic E-state index is 13.0. The average Bonchev–Trinajstić information content (AvgIpc) is 2.89. The number of piperidine rings is 1. The van der Waals surface area contributed by atoms with Crippen LogP contribution in [0.3, 0.4) is 0 Å². The molecule has 1 N–H and O–H groups in total. The smallest absolute Gasteiger partial charge is 0.254 e. The average molecular weight is 300 g/mol. The van der Waals surface area contributed by atoms with E-state index in [1.54, 1.807) is 0 Å². The maximum Gasteiger partial charge on any atom is 0.254 e. The Kier molecular flexibility index (Phi) is 4.02. The van der Waals surface area contributed by atoms with Gasteiger partial charge in [-0.15, -0.1) is 0 Å². The molecule has 2 fully saturated rings. The van der Waals surface area contributed by atoms with Crippen LogP contribution in [0.2, 0.25) is 0 Å². The molecule has 120 valence electrons. The van der Waals surface area contributed by atoms with Crippen LogP contribution in [0.4, 0.5) is 0 Å². The molecule has 1 spiro atoms. The van der Waals surface area contributed by atoms with Gasteiger partial charge in [0.05, 0.1) is 5.54 Å². The summed E-state index contributed by atoms with van der Waals surface area (Å²) in [6, 6.07) is 8.22. The van der Waals surface area contributed by atoms with Crippen molar-refractivity contribution >= 4 is 5.91 Å². The molecule has 1 unspecified atom stereocenters. The molecule has 1 aromatic carbocycles. The summed E-state index contributed by atoms with van der Waals surface area (Å²) in [5.74, 6) is 0.210. The van der Waals surface area contributed by atoms with Crippen molar-refractivity contribution in [1.82, 2.24) is 10.2 Å². The second-order valence-corrected chi connectivity index (χ2v) is 7.89. The number of likely N-dealkylation sites (tertiary alicyclic amines) is 1. The summed E-state index contributed by atoms with van der Waals surface area (Å²) in [6.45, 7) is 9.55. The van der Waals surface area contributed by atoms with Gasteiger partial charge in [0.25, 0.3) is 5.91 Å². The molecule has 0 saturated carbocycles. The van der Waals surface area contributed by atoms with Gasteiger partial charge in [-0.05, 0) is 55.3 Å². The van der Waals surface area contributed by atoms with Crippen LogP contribution in [0.25, 0.3) is 0 Å². The second kappa shape index (κ2) is 5.69. The summed E-state index contributed by atoms with van der Waals surface area (Å²) in [6.07, 6.45) is 4.60. The van der Waals surface area contributed by atoms with Crippen molar-refractivity contribution in [2.45, 2.75) is 57.4 Å². The minimum atomic E-state index is 0.0675. The van der Waals surface area contributed by atoms with E-state index < -0.39 is 0 Å². The van der Waals surface area contributed by atoms with E-state index in [1.165, 1.54) is 12.0 Å². The Bertz CT molecular complexity index is 536. The monoisotopic (exact) mass is 300 g/mol. The molecule has 2 heterocycles. The summed E-state index contributed by atoms with van der Waals surface area (Å²) in [7, 11) is 0. The van der Waals surface area contributed by atoms with E-state index in [4.69, 9.17) is 0 Å². The van der Waals surface area contributed by atoms with Gasteiger partial charge < -0.3 is 10.2 Å². The topological polar surface area (TPSA) is 32.3 Å². The number of amides is 1. The number of nitrogens with zero attached hydrogens (tertiary/aromatic N) is 1. The molecule has 2 aliphatic heterocycles. The predicted molar refractivity (Wildman–Crippen MR) is 90.2 cm³/mol. The normalized spacial score (nSPS) is 25.7. The summed E-state index contributed by atoms with van der Waals surface area (Å²) in [5, 5.41) is 3.49. The third-order valence-electron chi connectivity index (χ3n) is 5.29.